The topological polar surface area (TPSA) is 9.23 Å². The fraction of sp³-hybridized carbons (Fsp3) is 0.647. The van der Waals surface area contributed by atoms with Gasteiger partial charge in [-0.25, -0.2) is 0 Å². The molecule has 1 aromatic rings. The van der Waals surface area contributed by atoms with Crippen LogP contribution in [0.1, 0.15) is 51.0 Å². The molecular weight excluding hydrogens is 380 g/mol. The van der Waals surface area contributed by atoms with Gasteiger partial charge in [0.1, 0.15) is 0 Å². The molecule has 1 aliphatic carbocycles. The van der Waals surface area contributed by atoms with Crippen LogP contribution in [-0.2, 0) is 11.3 Å². The van der Waals surface area contributed by atoms with E-state index in [1.54, 1.807) is 0 Å². The van der Waals surface area contributed by atoms with Crippen LogP contribution in [0.15, 0.2) is 28.7 Å². The zero-order valence-electron chi connectivity index (χ0n) is 12.2. The Morgan fingerprint density at radius 2 is 2.05 bits per heavy atom. The van der Waals surface area contributed by atoms with E-state index in [2.05, 4.69) is 63.0 Å². The number of rotatable bonds is 6. The quantitative estimate of drug-likeness (QED) is 0.522. The van der Waals surface area contributed by atoms with Crippen molar-refractivity contribution >= 4 is 31.9 Å². The van der Waals surface area contributed by atoms with Crippen LogP contribution in [0.2, 0.25) is 0 Å². The Kier molecular flexibility index (Phi) is 6.57. The normalized spacial score (nSPS) is 26.6. The summed E-state index contributed by atoms with van der Waals surface area (Å²) >= 11 is 7.20. The maximum Gasteiger partial charge on any atom is 0.0783 e. The molecule has 0 unspecified atom stereocenters. The van der Waals surface area contributed by atoms with E-state index in [4.69, 9.17) is 4.74 Å². The Bertz CT molecular complexity index is 411. The first-order chi connectivity index (χ1) is 9.67. The Morgan fingerprint density at radius 1 is 1.30 bits per heavy atom. The van der Waals surface area contributed by atoms with Gasteiger partial charge in [-0.2, -0.15) is 0 Å². The summed E-state index contributed by atoms with van der Waals surface area (Å²) in [5.41, 5.74) is 1.29. The molecule has 1 fully saturated rings. The van der Waals surface area contributed by atoms with E-state index in [1.165, 1.54) is 44.1 Å². The predicted octanol–water partition coefficient (Wildman–Crippen LogP) is 6.09. The molecule has 1 aliphatic rings. The summed E-state index contributed by atoms with van der Waals surface area (Å²) in [6, 6.07) is 8.40. The lowest BCUT2D eigenvalue weighted by Gasteiger charge is -2.39. The SMILES string of the molecule is CCCC1CCC(CBr)(OCc2cccc(Br)c2)CC1. The highest BCUT2D eigenvalue weighted by atomic mass is 79.9. The van der Waals surface area contributed by atoms with Crippen LogP contribution in [-0.4, -0.2) is 10.9 Å². The van der Waals surface area contributed by atoms with Gasteiger partial charge in [-0.05, 0) is 49.3 Å². The van der Waals surface area contributed by atoms with Gasteiger partial charge in [-0.15, -0.1) is 0 Å². The fourth-order valence-corrected chi connectivity index (χ4v) is 4.25. The molecule has 1 aromatic carbocycles. The van der Waals surface area contributed by atoms with Crippen molar-refractivity contribution in [2.45, 2.75) is 57.7 Å². The molecule has 2 rings (SSSR count). The molecule has 0 aliphatic heterocycles. The zero-order valence-corrected chi connectivity index (χ0v) is 15.4. The number of halogens is 2. The number of benzene rings is 1. The summed E-state index contributed by atoms with van der Waals surface area (Å²) in [5, 5.41) is 0.951. The molecule has 0 spiro atoms. The van der Waals surface area contributed by atoms with Gasteiger partial charge >= 0.3 is 0 Å². The average molecular weight is 404 g/mol. The Morgan fingerprint density at radius 3 is 2.65 bits per heavy atom. The Hall–Kier alpha value is 0.140. The largest absolute Gasteiger partial charge is 0.369 e. The van der Waals surface area contributed by atoms with Gasteiger partial charge in [0.25, 0.3) is 0 Å². The van der Waals surface area contributed by atoms with Gasteiger partial charge in [-0.1, -0.05) is 63.8 Å². The lowest BCUT2D eigenvalue weighted by atomic mass is 9.78. The second kappa shape index (κ2) is 7.95. The van der Waals surface area contributed by atoms with Crippen LogP contribution in [0.4, 0.5) is 0 Å². The highest BCUT2D eigenvalue weighted by Crippen LogP contribution is 2.38. The third-order valence-corrected chi connectivity index (χ3v) is 5.91. The van der Waals surface area contributed by atoms with Crippen LogP contribution < -0.4 is 0 Å². The van der Waals surface area contributed by atoms with E-state index in [0.29, 0.717) is 6.61 Å². The van der Waals surface area contributed by atoms with Crippen molar-refractivity contribution < 1.29 is 4.74 Å². The van der Waals surface area contributed by atoms with E-state index in [-0.39, 0.29) is 5.60 Å². The first-order valence-electron chi connectivity index (χ1n) is 7.62. The molecule has 112 valence electrons. The van der Waals surface area contributed by atoms with Crippen molar-refractivity contribution in [3.05, 3.63) is 34.3 Å². The van der Waals surface area contributed by atoms with E-state index < -0.39 is 0 Å². The summed E-state index contributed by atoms with van der Waals surface area (Å²) in [5.74, 6) is 0.918. The lowest BCUT2D eigenvalue weighted by molar-refractivity contribution is -0.0706. The average Bonchev–Trinajstić information content (AvgIpc) is 2.47. The molecule has 0 bridgehead atoms. The molecule has 3 heteroatoms. The van der Waals surface area contributed by atoms with Crippen molar-refractivity contribution in [2.75, 3.05) is 5.33 Å². The van der Waals surface area contributed by atoms with Crippen molar-refractivity contribution in [1.82, 2.24) is 0 Å². The fourth-order valence-electron chi connectivity index (χ4n) is 3.08. The Labute approximate surface area is 139 Å². The molecule has 0 amide bonds. The molecule has 1 nitrogen and oxygen atoms in total. The van der Waals surface area contributed by atoms with Crippen molar-refractivity contribution in [1.29, 1.82) is 0 Å². The maximum absolute atomic E-state index is 6.32. The second-order valence-electron chi connectivity index (χ2n) is 5.97. The standard InChI is InChI=1S/C17H24Br2O/c1-2-4-14-7-9-17(13-18,10-8-14)20-12-15-5-3-6-16(19)11-15/h3,5-6,11,14H,2,4,7-10,12-13H2,1H3. The molecule has 0 heterocycles. The number of hydrogen-bond acceptors (Lipinski definition) is 1. The monoisotopic (exact) mass is 402 g/mol. The van der Waals surface area contributed by atoms with E-state index in [9.17, 15) is 0 Å². The first-order valence-corrected chi connectivity index (χ1v) is 9.53. The first kappa shape index (κ1) is 16.5. The molecule has 0 atom stereocenters. The van der Waals surface area contributed by atoms with E-state index in [1.807, 2.05) is 0 Å². The number of ether oxygens (including phenoxy) is 1. The van der Waals surface area contributed by atoms with Gasteiger partial charge < -0.3 is 4.74 Å². The zero-order chi connectivity index (χ0) is 14.4. The highest BCUT2D eigenvalue weighted by Gasteiger charge is 2.35. The minimum atomic E-state index is 0.0482. The van der Waals surface area contributed by atoms with Gasteiger partial charge in [0.05, 0.1) is 12.2 Å². The summed E-state index contributed by atoms with van der Waals surface area (Å²) in [7, 11) is 0. The lowest BCUT2D eigenvalue weighted by Crippen LogP contribution is -2.38. The van der Waals surface area contributed by atoms with Gasteiger partial charge in [-0.3, -0.25) is 0 Å². The molecule has 1 saturated carbocycles. The van der Waals surface area contributed by atoms with Crippen LogP contribution >= 0.6 is 31.9 Å². The number of alkyl halides is 1. The predicted molar refractivity (Wildman–Crippen MR) is 92.3 cm³/mol. The minimum Gasteiger partial charge on any atom is -0.369 e. The van der Waals surface area contributed by atoms with E-state index in [0.717, 1.165) is 15.7 Å². The highest BCUT2D eigenvalue weighted by molar-refractivity contribution is 9.10. The van der Waals surface area contributed by atoms with Crippen LogP contribution in [0, 0.1) is 5.92 Å². The Balaban J connectivity index is 1.89. The third kappa shape index (κ3) is 4.57. The second-order valence-corrected chi connectivity index (χ2v) is 7.44. The van der Waals surface area contributed by atoms with Crippen molar-refractivity contribution in [2.24, 2.45) is 5.92 Å². The molecule has 0 radical (unpaired) electrons. The summed E-state index contributed by atoms with van der Waals surface area (Å²) in [4.78, 5) is 0. The van der Waals surface area contributed by atoms with Crippen LogP contribution in [0.3, 0.4) is 0 Å². The van der Waals surface area contributed by atoms with E-state index >= 15 is 0 Å². The maximum atomic E-state index is 6.32. The summed E-state index contributed by atoms with van der Waals surface area (Å²) < 4.78 is 7.44. The summed E-state index contributed by atoms with van der Waals surface area (Å²) in [6.07, 6.45) is 7.71. The minimum absolute atomic E-state index is 0.0482. The molecular formula is C17H24Br2O. The van der Waals surface area contributed by atoms with Gasteiger partial charge in [0.2, 0.25) is 0 Å². The molecule has 0 saturated heterocycles. The molecule has 0 N–H and O–H groups in total. The van der Waals surface area contributed by atoms with Crippen molar-refractivity contribution in [3.63, 3.8) is 0 Å². The third-order valence-electron chi connectivity index (χ3n) is 4.39. The van der Waals surface area contributed by atoms with Crippen molar-refractivity contribution in [3.8, 4) is 0 Å². The van der Waals surface area contributed by atoms with Crippen LogP contribution in [0.5, 0.6) is 0 Å². The summed E-state index contributed by atoms with van der Waals surface area (Å²) in [6.45, 7) is 3.00. The van der Waals surface area contributed by atoms with Gasteiger partial charge in [0.15, 0.2) is 0 Å². The molecule has 20 heavy (non-hydrogen) atoms. The number of hydrogen-bond donors (Lipinski definition) is 0. The molecule has 0 aromatic heterocycles. The van der Waals surface area contributed by atoms with Gasteiger partial charge in [0, 0.05) is 9.80 Å². The van der Waals surface area contributed by atoms with Crippen LogP contribution in [0.25, 0.3) is 0 Å². The smallest absolute Gasteiger partial charge is 0.0783 e.